The second-order valence-electron chi connectivity index (χ2n) is 9.20. The summed E-state index contributed by atoms with van der Waals surface area (Å²) in [6, 6.07) is 8.38. The largest absolute Gasteiger partial charge is 0.478 e. The summed E-state index contributed by atoms with van der Waals surface area (Å²) in [6.07, 6.45) is 0.658. The van der Waals surface area contributed by atoms with Crippen molar-refractivity contribution in [2.75, 3.05) is 0 Å². The number of aromatic amines is 2. The molecule has 1 aliphatic rings. The zero-order valence-corrected chi connectivity index (χ0v) is 20.4. The van der Waals surface area contributed by atoms with Crippen LogP contribution in [0.3, 0.4) is 0 Å². The van der Waals surface area contributed by atoms with E-state index < -0.39 is 46.9 Å². The molecule has 4 aromatic rings. The molecule has 2 aromatic heterocycles. The predicted octanol–water partition coefficient (Wildman–Crippen LogP) is 3.33. The first-order valence-corrected chi connectivity index (χ1v) is 12.0. The van der Waals surface area contributed by atoms with Gasteiger partial charge in [0.25, 0.3) is 0 Å². The molecule has 10 nitrogen and oxygen atoms in total. The van der Waals surface area contributed by atoms with Crippen LogP contribution in [0.5, 0.6) is 0 Å². The number of ketones is 4. The lowest BCUT2D eigenvalue weighted by Gasteiger charge is -2.25. The average Bonchev–Trinajstić information content (AvgIpc) is 3.45. The molecule has 2 aromatic carbocycles. The number of aromatic nitrogens is 2. The fourth-order valence-corrected chi connectivity index (χ4v) is 5.35. The molecule has 1 saturated carbocycles. The molecule has 0 spiro atoms. The standard InChI is InChI=1S/C28H22N2O8/c1-3-15-19(13-9-11(27(35)36)5-7-17(13)29-15)21-23(31)25(33)22(26(34)24(21)32)20-14-10-12(28(37)38)6-8-18(14)30-16(20)4-2/h5-10,21-22,29-30H,3-4H2,1-2H3,(H,35,36)(H,37,38). The fourth-order valence-electron chi connectivity index (χ4n) is 5.35. The first-order chi connectivity index (χ1) is 18.1. The number of benzene rings is 2. The molecule has 192 valence electrons. The molecule has 10 heteroatoms. The molecule has 4 N–H and O–H groups in total. The third-order valence-electron chi connectivity index (χ3n) is 7.15. The Hall–Kier alpha value is -4.86. The molecule has 0 atom stereocenters. The Morgan fingerprint density at radius 2 is 1.00 bits per heavy atom. The lowest BCUT2D eigenvalue weighted by Crippen LogP contribution is -2.46. The molecule has 0 aliphatic heterocycles. The predicted molar refractivity (Wildman–Crippen MR) is 135 cm³/mol. The third-order valence-corrected chi connectivity index (χ3v) is 7.15. The number of hydrogen-bond donors (Lipinski definition) is 4. The van der Waals surface area contributed by atoms with Crippen molar-refractivity contribution in [3.05, 3.63) is 70.0 Å². The normalized spacial score (nSPS) is 18.1. The van der Waals surface area contributed by atoms with Crippen molar-refractivity contribution in [3.63, 3.8) is 0 Å². The van der Waals surface area contributed by atoms with Gasteiger partial charge in [0.15, 0.2) is 0 Å². The highest BCUT2D eigenvalue weighted by Crippen LogP contribution is 2.40. The van der Waals surface area contributed by atoms with Crippen molar-refractivity contribution >= 4 is 56.9 Å². The molecule has 0 radical (unpaired) electrons. The van der Waals surface area contributed by atoms with Gasteiger partial charge >= 0.3 is 11.9 Å². The van der Waals surface area contributed by atoms with E-state index in [0.29, 0.717) is 35.3 Å². The molecule has 1 fully saturated rings. The molecule has 0 amide bonds. The van der Waals surface area contributed by atoms with Crippen molar-refractivity contribution in [3.8, 4) is 0 Å². The Morgan fingerprint density at radius 3 is 1.29 bits per heavy atom. The second-order valence-corrected chi connectivity index (χ2v) is 9.20. The topological polar surface area (TPSA) is 174 Å². The number of H-pyrrole nitrogens is 2. The van der Waals surface area contributed by atoms with E-state index in [1.54, 1.807) is 13.8 Å². The maximum atomic E-state index is 13.6. The van der Waals surface area contributed by atoms with E-state index in [-0.39, 0.29) is 33.0 Å². The van der Waals surface area contributed by atoms with E-state index in [4.69, 9.17) is 0 Å². The number of rotatable bonds is 6. The van der Waals surface area contributed by atoms with Crippen molar-refractivity contribution < 1.29 is 39.0 Å². The SMILES string of the molecule is CCc1[nH]c2ccc(C(=O)O)cc2c1C1C(=O)C(=O)C(c2c(CC)[nH]c3ccc(C(=O)O)cc23)C(=O)C1=O. The van der Waals surface area contributed by atoms with Crippen LogP contribution in [-0.4, -0.2) is 55.3 Å². The van der Waals surface area contributed by atoms with Gasteiger partial charge in [-0.25, -0.2) is 9.59 Å². The number of aromatic carboxylic acids is 2. The number of hydrogen-bond acceptors (Lipinski definition) is 6. The fraction of sp³-hybridized carbons (Fsp3) is 0.214. The lowest BCUT2D eigenvalue weighted by atomic mass is 9.71. The molecular weight excluding hydrogens is 492 g/mol. The van der Waals surface area contributed by atoms with E-state index >= 15 is 0 Å². The number of fused-ring (bicyclic) bond motifs is 2. The molecule has 0 bridgehead atoms. The maximum Gasteiger partial charge on any atom is 0.335 e. The molecule has 0 unspecified atom stereocenters. The quantitative estimate of drug-likeness (QED) is 0.224. The summed E-state index contributed by atoms with van der Waals surface area (Å²) >= 11 is 0. The van der Waals surface area contributed by atoms with E-state index in [1.807, 2.05) is 0 Å². The number of carbonyl (C=O) groups is 6. The zero-order valence-electron chi connectivity index (χ0n) is 20.4. The van der Waals surface area contributed by atoms with Crippen LogP contribution in [0, 0.1) is 0 Å². The van der Waals surface area contributed by atoms with Gasteiger partial charge in [-0.05, 0) is 60.4 Å². The summed E-state index contributed by atoms with van der Waals surface area (Å²) in [5.41, 5.74) is 1.93. The highest BCUT2D eigenvalue weighted by atomic mass is 16.4. The average molecular weight is 514 g/mol. The van der Waals surface area contributed by atoms with Crippen LogP contribution < -0.4 is 0 Å². The van der Waals surface area contributed by atoms with Gasteiger partial charge in [0.1, 0.15) is 11.8 Å². The third kappa shape index (κ3) is 3.56. The Morgan fingerprint density at radius 1 is 0.658 bits per heavy atom. The number of carboxylic acid groups (broad SMARTS) is 2. The highest BCUT2D eigenvalue weighted by Gasteiger charge is 2.52. The van der Waals surface area contributed by atoms with Gasteiger partial charge < -0.3 is 20.2 Å². The van der Waals surface area contributed by atoms with Crippen molar-refractivity contribution in [1.82, 2.24) is 9.97 Å². The van der Waals surface area contributed by atoms with Gasteiger partial charge in [0.05, 0.1) is 11.1 Å². The molecule has 0 saturated heterocycles. The number of nitrogens with one attached hydrogen (secondary N) is 2. The summed E-state index contributed by atoms with van der Waals surface area (Å²) in [5.74, 6) is -10.1. The lowest BCUT2D eigenvalue weighted by molar-refractivity contribution is -0.151. The van der Waals surface area contributed by atoms with Gasteiger partial charge in [-0.1, -0.05) is 13.8 Å². The smallest absolute Gasteiger partial charge is 0.335 e. The number of carboxylic acids is 2. The van der Waals surface area contributed by atoms with Crippen molar-refractivity contribution in [2.45, 2.75) is 38.5 Å². The summed E-state index contributed by atoms with van der Waals surface area (Å²) in [6.45, 7) is 3.52. The minimum atomic E-state index is -1.70. The van der Waals surface area contributed by atoms with Crippen molar-refractivity contribution in [2.24, 2.45) is 0 Å². The second kappa shape index (κ2) is 8.91. The highest BCUT2D eigenvalue weighted by molar-refractivity contribution is 6.64. The summed E-state index contributed by atoms with van der Waals surface area (Å²) in [5, 5.41) is 19.4. The summed E-state index contributed by atoms with van der Waals surface area (Å²) in [4.78, 5) is 83.5. The molecule has 5 rings (SSSR count). The maximum absolute atomic E-state index is 13.6. The zero-order chi connectivity index (χ0) is 27.5. The monoisotopic (exact) mass is 514 g/mol. The van der Waals surface area contributed by atoms with Crippen LogP contribution in [0.25, 0.3) is 21.8 Å². The number of carbonyl (C=O) groups excluding carboxylic acids is 4. The van der Waals surface area contributed by atoms with Crippen LogP contribution in [0.4, 0.5) is 0 Å². The van der Waals surface area contributed by atoms with Gasteiger partial charge in [-0.15, -0.1) is 0 Å². The van der Waals surface area contributed by atoms with Crippen LogP contribution in [0.1, 0.15) is 68.9 Å². The first-order valence-electron chi connectivity index (χ1n) is 12.0. The Labute approximate surface area is 214 Å². The van der Waals surface area contributed by atoms with Crippen LogP contribution >= 0.6 is 0 Å². The summed E-state index contributed by atoms with van der Waals surface area (Å²) in [7, 11) is 0. The first kappa shape index (κ1) is 24.8. The molecule has 1 aliphatic carbocycles. The van der Waals surface area contributed by atoms with Gasteiger partial charge in [-0.3, -0.25) is 19.2 Å². The molecule has 38 heavy (non-hydrogen) atoms. The van der Waals surface area contributed by atoms with E-state index in [9.17, 15) is 39.0 Å². The summed E-state index contributed by atoms with van der Waals surface area (Å²) < 4.78 is 0. The minimum absolute atomic E-state index is 0.0766. The van der Waals surface area contributed by atoms with Crippen LogP contribution in [-0.2, 0) is 32.0 Å². The minimum Gasteiger partial charge on any atom is -0.478 e. The molecular formula is C28H22N2O8. The van der Waals surface area contributed by atoms with Gasteiger partial charge in [0, 0.05) is 33.2 Å². The number of Topliss-reactive ketones (excluding diaryl/α,β-unsaturated/α-hetero) is 4. The Kier molecular flexibility index (Phi) is 5.82. The van der Waals surface area contributed by atoms with Crippen molar-refractivity contribution in [1.29, 1.82) is 0 Å². The van der Waals surface area contributed by atoms with E-state index in [2.05, 4.69) is 9.97 Å². The van der Waals surface area contributed by atoms with Gasteiger partial charge in [0.2, 0.25) is 23.1 Å². The Balaban J connectivity index is 1.68. The van der Waals surface area contributed by atoms with Crippen LogP contribution in [0.15, 0.2) is 36.4 Å². The van der Waals surface area contributed by atoms with Gasteiger partial charge in [-0.2, -0.15) is 0 Å². The number of aryl methyl sites for hydroxylation is 2. The van der Waals surface area contributed by atoms with E-state index in [0.717, 1.165) is 0 Å². The van der Waals surface area contributed by atoms with E-state index in [1.165, 1.54) is 36.4 Å². The van der Waals surface area contributed by atoms with Crippen LogP contribution in [0.2, 0.25) is 0 Å². The Bertz CT molecular complexity index is 1580. The molecule has 2 heterocycles.